The Labute approximate surface area is 541 Å². The summed E-state index contributed by atoms with van der Waals surface area (Å²) in [6.45, 7) is 0. The summed E-state index contributed by atoms with van der Waals surface area (Å²) in [6.07, 6.45) is 6.02. The van der Waals surface area contributed by atoms with Gasteiger partial charge in [0.15, 0.2) is 5.82 Å². The Morgan fingerprint density at radius 1 is 0.245 bits per heavy atom. The highest BCUT2D eigenvalue weighted by Crippen LogP contribution is 2.47. The van der Waals surface area contributed by atoms with Crippen LogP contribution >= 0.6 is 0 Å². The van der Waals surface area contributed by atoms with E-state index >= 15 is 0 Å². The Hall–Kier alpha value is -12.7. The van der Waals surface area contributed by atoms with Crippen molar-refractivity contribution in [2.75, 3.05) is 0 Å². The summed E-state index contributed by atoms with van der Waals surface area (Å²) in [5, 5.41) is 14.1. The topological polar surface area (TPSA) is 74.3 Å². The van der Waals surface area contributed by atoms with E-state index < -0.39 is 0 Å². The fraction of sp³-hybridized carbons (Fsp3) is 0. The van der Waals surface area contributed by atoms with Gasteiger partial charge in [-0.05, 0) is 112 Å². The maximum absolute atomic E-state index is 5.17. The van der Waals surface area contributed by atoms with Crippen molar-refractivity contribution >= 4 is 97.7 Å². The summed E-state index contributed by atoms with van der Waals surface area (Å²) in [5.41, 5.74) is 20.5. The fourth-order valence-corrected chi connectivity index (χ4v) is 14.3. The van der Waals surface area contributed by atoms with Crippen molar-refractivity contribution in [2.24, 2.45) is 0 Å². The number of rotatable bonds is 8. The van der Waals surface area contributed by atoms with Crippen LogP contribution in [0, 0.1) is 0 Å². The highest BCUT2D eigenvalue weighted by atomic mass is 15.0. The number of fused-ring (bicyclic) bond motifs is 13. The lowest BCUT2D eigenvalue weighted by molar-refractivity contribution is 1.18. The van der Waals surface area contributed by atoms with Gasteiger partial charge in [-0.25, -0.2) is 9.97 Å². The standard InChI is InChI=1S/C47H30N4.C40H25N3/c1-4-15-31(16-5-1)41-29-42(50-47(49-41)32-17-6-2-7-18-32)33-19-14-20-34(27-33)45-39-30-48-40-25-12-10-23-36(40)38(39)28-44-46(45)37-24-11-13-26-43(37)51(44)35-21-8-3-9-22-35;1-2-14-29(15-3-1)43-36-20-9-7-18-32(36)39-37(43)24-33-31-17-6-8-19-35(31)42-25-34(33)38(39)27-12-10-13-28(23-27)40-30-16-5-4-11-26(30)21-22-41-40/h1-30H;1-25H. The first kappa shape index (κ1) is 54.2. The number of pyridine rings is 3. The SMILES string of the molecule is c1ccc(-c2cc(-c3cccc(-c4c5cnc6ccccc6c5cc5c4c4ccccc4n5-c4ccccc4)c3)nc(-c3ccccc3)n2)cc1.c1ccc(-n2c3ccccc3c3c(-c4cccc(-c5nccc6ccccc56)c4)c4cnc5ccccc5c4cc32)cc1. The van der Waals surface area contributed by atoms with Gasteiger partial charge in [-0.2, -0.15) is 0 Å². The smallest absolute Gasteiger partial charge is 0.160 e. The molecule has 13 aromatic carbocycles. The van der Waals surface area contributed by atoms with Gasteiger partial charge < -0.3 is 9.13 Å². The largest absolute Gasteiger partial charge is 0.309 e. The van der Waals surface area contributed by atoms with E-state index in [1.54, 1.807) is 0 Å². The molecule has 6 aromatic heterocycles. The van der Waals surface area contributed by atoms with E-state index in [1.165, 1.54) is 59.8 Å². The minimum absolute atomic E-state index is 0.700. The normalized spacial score (nSPS) is 11.6. The van der Waals surface area contributed by atoms with Crippen LogP contribution in [0.25, 0.3) is 177 Å². The van der Waals surface area contributed by atoms with Gasteiger partial charge in [-0.3, -0.25) is 15.0 Å². The first-order chi connectivity index (χ1) is 46.6. The summed E-state index contributed by atoms with van der Waals surface area (Å²) in [5.74, 6) is 0.700. The molecule has 19 aromatic rings. The molecule has 0 amide bonds. The molecule has 0 unspecified atom stereocenters. The van der Waals surface area contributed by atoms with E-state index in [-0.39, 0.29) is 0 Å². The third-order valence-electron chi connectivity index (χ3n) is 18.5. The molecule has 0 radical (unpaired) electrons. The molecule has 0 aliphatic carbocycles. The molecule has 0 bridgehead atoms. The molecule has 0 saturated carbocycles. The van der Waals surface area contributed by atoms with Crippen LogP contribution in [-0.2, 0) is 0 Å². The Balaban J connectivity index is 0.000000140. The lowest BCUT2D eigenvalue weighted by Crippen LogP contribution is -1.96. The van der Waals surface area contributed by atoms with Crippen molar-refractivity contribution < 1.29 is 0 Å². The maximum atomic E-state index is 5.17. The molecule has 7 nitrogen and oxygen atoms in total. The second kappa shape index (κ2) is 22.6. The molecular weight excluding hydrogens is 1140 g/mol. The van der Waals surface area contributed by atoms with Gasteiger partial charge in [-0.1, -0.05) is 231 Å². The van der Waals surface area contributed by atoms with E-state index in [9.17, 15) is 0 Å². The van der Waals surface area contributed by atoms with Gasteiger partial charge in [0, 0.05) is 112 Å². The van der Waals surface area contributed by atoms with Crippen LogP contribution < -0.4 is 0 Å². The molecule has 0 saturated heterocycles. The van der Waals surface area contributed by atoms with Crippen molar-refractivity contribution in [2.45, 2.75) is 0 Å². The predicted molar refractivity (Wildman–Crippen MR) is 391 cm³/mol. The first-order valence-corrected chi connectivity index (χ1v) is 31.8. The van der Waals surface area contributed by atoms with Crippen LogP contribution in [-0.4, -0.2) is 34.1 Å². The highest BCUT2D eigenvalue weighted by molar-refractivity contribution is 6.28. The van der Waals surface area contributed by atoms with E-state index in [0.717, 1.165) is 111 Å². The third kappa shape index (κ3) is 9.16. The van der Waals surface area contributed by atoms with Crippen LogP contribution in [0.3, 0.4) is 0 Å². The Morgan fingerprint density at radius 3 is 1.21 bits per heavy atom. The summed E-state index contributed by atoms with van der Waals surface area (Å²) >= 11 is 0. The van der Waals surface area contributed by atoms with Gasteiger partial charge in [0.05, 0.1) is 50.2 Å². The van der Waals surface area contributed by atoms with E-state index in [1.807, 2.05) is 30.5 Å². The fourth-order valence-electron chi connectivity index (χ4n) is 14.3. The van der Waals surface area contributed by atoms with Crippen LogP contribution in [0.4, 0.5) is 0 Å². The molecule has 0 atom stereocenters. The average molecular weight is 1200 g/mol. The number of hydrogen-bond donors (Lipinski definition) is 0. The molecule has 0 spiro atoms. The van der Waals surface area contributed by atoms with Crippen LogP contribution in [0.1, 0.15) is 0 Å². The van der Waals surface area contributed by atoms with Crippen molar-refractivity contribution in [1.29, 1.82) is 0 Å². The second-order valence-corrected chi connectivity index (χ2v) is 23.9. The number of nitrogens with zero attached hydrogens (tertiary/aromatic N) is 7. The van der Waals surface area contributed by atoms with Gasteiger partial charge in [0.25, 0.3) is 0 Å². The summed E-state index contributed by atoms with van der Waals surface area (Å²) in [4.78, 5) is 25.0. The Kier molecular flexibility index (Phi) is 13.1. The lowest BCUT2D eigenvalue weighted by Gasteiger charge is -2.15. The molecule has 0 N–H and O–H groups in total. The van der Waals surface area contributed by atoms with Gasteiger partial charge >= 0.3 is 0 Å². The number of para-hydroxylation sites is 6. The molecule has 0 aliphatic rings. The lowest BCUT2D eigenvalue weighted by atomic mass is 9.91. The zero-order valence-corrected chi connectivity index (χ0v) is 50.9. The third-order valence-corrected chi connectivity index (χ3v) is 18.5. The number of hydrogen-bond acceptors (Lipinski definition) is 5. The zero-order valence-electron chi connectivity index (χ0n) is 50.9. The van der Waals surface area contributed by atoms with Crippen molar-refractivity contribution in [3.05, 3.63) is 334 Å². The predicted octanol–water partition coefficient (Wildman–Crippen LogP) is 22.3. The first-order valence-electron chi connectivity index (χ1n) is 31.8. The van der Waals surface area contributed by atoms with Gasteiger partial charge in [0.2, 0.25) is 0 Å². The van der Waals surface area contributed by atoms with Crippen LogP contribution in [0.5, 0.6) is 0 Å². The summed E-state index contributed by atoms with van der Waals surface area (Å²) in [6, 6.07) is 111. The maximum Gasteiger partial charge on any atom is 0.160 e. The molecule has 7 heteroatoms. The summed E-state index contributed by atoms with van der Waals surface area (Å²) < 4.78 is 4.80. The van der Waals surface area contributed by atoms with Crippen molar-refractivity contribution in [3.63, 3.8) is 0 Å². The second-order valence-electron chi connectivity index (χ2n) is 23.9. The van der Waals surface area contributed by atoms with E-state index in [4.69, 9.17) is 24.9 Å². The van der Waals surface area contributed by atoms with Gasteiger partial charge in [-0.15, -0.1) is 0 Å². The molecule has 0 fully saturated rings. The minimum Gasteiger partial charge on any atom is -0.309 e. The van der Waals surface area contributed by atoms with Crippen molar-refractivity contribution in [3.8, 4) is 78.8 Å². The monoisotopic (exact) mass is 1200 g/mol. The zero-order chi connectivity index (χ0) is 62.1. The summed E-state index contributed by atoms with van der Waals surface area (Å²) in [7, 11) is 0. The van der Waals surface area contributed by atoms with Crippen LogP contribution in [0.15, 0.2) is 334 Å². The molecule has 19 rings (SSSR count). The Bertz CT molecular complexity index is 6100. The highest BCUT2D eigenvalue weighted by Gasteiger charge is 2.24. The van der Waals surface area contributed by atoms with E-state index in [0.29, 0.717) is 5.82 Å². The quantitative estimate of drug-likeness (QED) is 0.142. The molecule has 6 heterocycles. The average Bonchev–Trinajstić information content (AvgIpc) is 1.52. The molecule has 438 valence electrons. The number of benzene rings is 13. The Morgan fingerprint density at radius 2 is 0.660 bits per heavy atom. The molecule has 0 aliphatic heterocycles. The van der Waals surface area contributed by atoms with Gasteiger partial charge in [0.1, 0.15) is 0 Å². The molecular formula is C87H55N7. The van der Waals surface area contributed by atoms with E-state index in [2.05, 4.69) is 313 Å². The molecule has 94 heavy (non-hydrogen) atoms. The minimum atomic E-state index is 0.700. The van der Waals surface area contributed by atoms with Crippen LogP contribution in [0.2, 0.25) is 0 Å². The van der Waals surface area contributed by atoms with Crippen molar-refractivity contribution in [1.82, 2.24) is 34.1 Å². The number of aromatic nitrogens is 7.